The van der Waals surface area contributed by atoms with Crippen molar-refractivity contribution >= 4 is 21.8 Å². The van der Waals surface area contributed by atoms with E-state index in [2.05, 4.69) is 33.0 Å². The summed E-state index contributed by atoms with van der Waals surface area (Å²) < 4.78 is 1.06. The highest BCUT2D eigenvalue weighted by molar-refractivity contribution is 9.10. The van der Waals surface area contributed by atoms with E-state index in [-0.39, 0.29) is 11.9 Å². The predicted octanol–water partition coefficient (Wildman–Crippen LogP) is 4.06. The Kier molecular flexibility index (Phi) is 4.57. The van der Waals surface area contributed by atoms with Gasteiger partial charge >= 0.3 is 0 Å². The second-order valence-corrected chi connectivity index (χ2v) is 6.70. The Bertz CT molecular complexity index is 669. The number of aryl methyl sites for hydroxylation is 1. The van der Waals surface area contributed by atoms with Crippen LogP contribution in [0.25, 0.3) is 0 Å². The van der Waals surface area contributed by atoms with Gasteiger partial charge in [-0.1, -0.05) is 34.1 Å². The number of amides is 1. The van der Waals surface area contributed by atoms with Crippen molar-refractivity contribution in [1.82, 2.24) is 9.88 Å². The summed E-state index contributed by atoms with van der Waals surface area (Å²) in [5.74, 6) is 0.188. The molecule has 1 saturated heterocycles. The minimum absolute atomic E-state index is 0.188. The lowest BCUT2D eigenvalue weighted by Gasteiger charge is -2.25. The number of benzene rings is 1. The van der Waals surface area contributed by atoms with E-state index in [4.69, 9.17) is 0 Å². The molecule has 1 unspecified atom stereocenters. The number of aromatic nitrogens is 1. The van der Waals surface area contributed by atoms with E-state index in [9.17, 15) is 4.79 Å². The molecule has 0 N–H and O–H groups in total. The molecule has 2 aromatic rings. The Balaban J connectivity index is 1.75. The van der Waals surface area contributed by atoms with Gasteiger partial charge < -0.3 is 4.90 Å². The normalized spacial score (nSPS) is 17.7. The topological polar surface area (TPSA) is 33.2 Å². The molecule has 1 aliphatic heterocycles. The molecule has 114 valence electrons. The van der Waals surface area contributed by atoms with E-state index in [0.717, 1.165) is 35.1 Å². The van der Waals surface area contributed by atoms with Crippen molar-refractivity contribution in [3.63, 3.8) is 0 Å². The maximum Gasteiger partial charge on any atom is 0.227 e. The van der Waals surface area contributed by atoms with Gasteiger partial charge in [0.25, 0.3) is 0 Å². The highest BCUT2D eigenvalue weighted by Crippen LogP contribution is 2.33. The summed E-state index contributed by atoms with van der Waals surface area (Å²) in [5, 5.41) is 0. The maximum atomic E-state index is 12.7. The molecule has 0 radical (unpaired) electrons. The molecule has 4 heteroatoms. The Labute approximate surface area is 139 Å². The van der Waals surface area contributed by atoms with Crippen LogP contribution in [0, 0.1) is 6.92 Å². The molecule has 1 aliphatic rings. The van der Waals surface area contributed by atoms with Crippen LogP contribution in [0.2, 0.25) is 0 Å². The molecule has 0 bridgehead atoms. The van der Waals surface area contributed by atoms with Crippen molar-refractivity contribution in [3.05, 3.63) is 63.9 Å². The lowest BCUT2D eigenvalue weighted by atomic mass is 10.0. The number of nitrogens with zero attached hydrogens (tertiary/aromatic N) is 2. The van der Waals surface area contributed by atoms with E-state index in [1.165, 1.54) is 5.56 Å². The lowest BCUT2D eigenvalue weighted by Crippen LogP contribution is -2.31. The Hall–Kier alpha value is -1.68. The van der Waals surface area contributed by atoms with Gasteiger partial charge in [0.1, 0.15) is 0 Å². The molecule has 0 spiro atoms. The standard InChI is InChI=1S/C18H19BrN2O/c1-13-7-8-14(12-20-13)10-18(22)21-9-3-6-17(21)15-4-2-5-16(19)11-15/h2,4-5,7-8,11-12,17H,3,6,9-10H2,1H3. The number of carbonyl (C=O) groups is 1. The van der Waals surface area contributed by atoms with Crippen LogP contribution >= 0.6 is 15.9 Å². The summed E-state index contributed by atoms with van der Waals surface area (Å²) in [5.41, 5.74) is 3.17. The van der Waals surface area contributed by atoms with Gasteiger partial charge in [-0.2, -0.15) is 0 Å². The van der Waals surface area contributed by atoms with Gasteiger partial charge in [-0.25, -0.2) is 0 Å². The van der Waals surface area contributed by atoms with E-state index >= 15 is 0 Å². The fraction of sp³-hybridized carbons (Fsp3) is 0.333. The van der Waals surface area contributed by atoms with Crippen molar-refractivity contribution in [2.75, 3.05) is 6.54 Å². The molecule has 22 heavy (non-hydrogen) atoms. The van der Waals surface area contributed by atoms with Gasteiger partial charge in [-0.3, -0.25) is 9.78 Å². The zero-order valence-electron chi connectivity index (χ0n) is 12.6. The average molecular weight is 359 g/mol. The van der Waals surface area contributed by atoms with Crippen LogP contribution in [-0.2, 0) is 11.2 Å². The summed E-state index contributed by atoms with van der Waals surface area (Å²) in [6.07, 6.45) is 4.33. The van der Waals surface area contributed by atoms with Gasteiger partial charge in [0.05, 0.1) is 12.5 Å². The van der Waals surface area contributed by atoms with Crippen LogP contribution in [-0.4, -0.2) is 22.3 Å². The summed E-state index contributed by atoms with van der Waals surface area (Å²) in [4.78, 5) is 18.9. The smallest absolute Gasteiger partial charge is 0.227 e. The summed E-state index contributed by atoms with van der Waals surface area (Å²) >= 11 is 3.52. The first-order valence-electron chi connectivity index (χ1n) is 7.60. The number of halogens is 1. The molecule has 2 heterocycles. The van der Waals surface area contributed by atoms with E-state index < -0.39 is 0 Å². The highest BCUT2D eigenvalue weighted by atomic mass is 79.9. The minimum Gasteiger partial charge on any atom is -0.335 e. The second kappa shape index (κ2) is 6.61. The zero-order chi connectivity index (χ0) is 15.5. The van der Waals surface area contributed by atoms with Gasteiger partial charge in [-0.15, -0.1) is 0 Å². The van der Waals surface area contributed by atoms with E-state index in [1.54, 1.807) is 6.20 Å². The number of carbonyl (C=O) groups excluding carboxylic acids is 1. The number of hydrogen-bond acceptors (Lipinski definition) is 2. The van der Waals surface area contributed by atoms with Crippen LogP contribution in [0.15, 0.2) is 47.1 Å². The van der Waals surface area contributed by atoms with E-state index in [1.807, 2.05) is 36.1 Å². The minimum atomic E-state index is 0.188. The number of rotatable bonds is 3. The first kappa shape index (κ1) is 15.2. The molecule has 0 saturated carbocycles. The maximum absolute atomic E-state index is 12.7. The Morgan fingerprint density at radius 1 is 1.36 bits per heavy atom. The monoisotopic (exact) mass is 358 g/mol. The van der Waals surface area contributed by atoms with E-state index in [0.29, 0.717) is 6.42 Å². The number of pyridine rings is 1. The Morgan fingerprint density at radius 3 is 2.95 bits per heavy atom. The number of likely N-dealkylation sites (tertiary alicyclic amines) is 1. The summed E-state index contributed by atoms with van der Waals surface area (Å²) in [6.45, 7) is 2.80. The van der Waals surface area contributed by atoms with Gasteiger partial charge in [0, 0.05) is 22.9 Å². The zero-order valence-corrected chi connectivity index (χ0v) is 14.2. The highest BCUT2D eigenvalue weighted by Gasteiger charge is 2.29. The largest absolute Gasteiger partial charge is 0.335 e. The van der Waals surface area contributed by atoms with Crippen molar-refractivity contribution in [3.8, 4) is 0 Å². The Morgan fingerprint density at radius 2 is 2.23 bits per heavy atom. The van der Waals surface area contributed by atoms with Crippen LogP contribution in [0.5, 0.6) is 0 Å². The molecule has 1 atom stereocenters. The van der Waals surface area contributed by atoms with Gasteiger partial charge in [-0.05, 0) is 49.1 Å². The molecule has 0 aliphatic carbocycles. The van der Waals surface area contributed by atoms with Crippen LogP contribution in [0.3, 0.4) is 0 Å². The van der Waals surface area contributed by atoms with Crippen molar-refractivity contribution in [2.24, 2.45) is 0 Å². The molecular formula is C18H19BrN2O. The molecule has 1 fully saturated rings. The van der Waals surface area contributed by atoms with Crippen molar-refractivity contribution in [2.45, 2.75) is 32.2 Å². The van der Waals surface area contributed by atoms with Crippen LogP contribution < -0.4 is 0 Å². The van der Waals surface area contributed by atoms with Gasteiger partial charge in [0.15, 0.2) is 0 Å². The second-order valence-electron chi connectivity index (χ2n) is 5.78. The fourth-order valence-corrected chi connectivity index (χ4v) is 3.42. The molecule has 3 rings (SSSR count). The summed E-state index contributed by atoms with van der Waals surface area (Å²) in [7, 11) is 0. The van der Waals surface area contributed by atoms with Crippen LogP contribution in [0.1, 0.15) is 35.7 Å². The summed E-state index contributed by atoms with van der Waals surface area (Å²) in [6, 6.07) is 12.4. The lowest BCUT2D eigenvalue weighted by molar-refractivity contribution is -0.131. The van der Waals surface area contributed by atoms with Gasteiger partial charge in [0.2, 0.25) is 5.91 Å². The third-order valence-corrected chi connectivity index (χ3v) is 4.63. The quantitative estimate of drug-likeness (QED) is 0.828. The first-order valence-corrected chi connectivity index (χ1v) is 8.39. The number of hydrogen-bond donors (Lipinski definition) is 0. The van der Waals surface area contributed by atoms with Crippen LogP contribution in [0.4, 0.5) is 0 Å². The first-order chi connectivity index (χ1) is 10.6. The molecule has 1 amide bonds. The molecular weight excluding hydrogens is 340 g/mol. The van der Waals surface area contributed by atoms with Crippen molar-refractivity contribution in [1.29, 1.82) is 0 Å². The SMILES string of the molecule is Cc1ccc(CC(=O)N2CCCC2c2cccc(Br)c2)cn1. The average Bonchev–Trinajstić information content (AvgIpc) is 2.99. The molecule has 1 aromatic heterocycles. The third-order valence-electron chi connectivity index (χ3n) is 4.13. The molecule has 1 aromatic carbocycles. The fourth-order valence-electron chi connectivity index (χ4n) is 3.00. The van der Waals surface area contributed by atoms with Crippen molar-refractivity contribution < 1.29 is 4.79 Å². The molecule has 3 nitrogen and oxygen atoms in total. The third kappa shape index (κ3) is 3.38. The predicted molar refractivity (Wildman–Crippen MR) is 90.5 cm³/mol.